The number of phenolic OH excluding ortho intramolecular Hbond substituents is 3. The van der Waals surface area contributed by atoms with E-state index in [1.54, 1.807) is 18.2 Å². The van der Waals surface area contributed by atoms with Gasteiger partial charge in [-0.25, -0.2) is 4.98 Å². The lowest BCUT2D eigenvalue weighted by molar-refractivity contribution is 0.407. The molecule has 0 unspecified atom stereocenters. The van der Waals surface area contributed by atoms with E-state index in [0.29, 0.717) is 11.1 Å². The number of para-hydroxylation sites is 1. The molecule has 0 amide bonds. The first-order valence-corrected chi connectivity index (χ1v) is 5.26. The molecule has 18 heavy (non-hydrogen) atoms. The minimum atomic E-state index is -0.335. The van der Waals surface area contributed by atoms with Crippen LogP contribution in [-0.2, 0) is 0 Å². The minimum absolute atomic E-state index is 0.0350. The van der Waals surface area contributed by atoms with Crippen molar-refractivity contribution in [1.82, 2.24) is 4.98 Å². The second-order valence-electron chi connectivity index (χ2n) is 3.82. The van der Waals surface area contributed by atoms with Crippen LogP contribution < -0.4 is 0 Å². The molecule has 0 bridgehead atoms. The molecule has 3 N–H and O–H groups in total. The van der Waals surface area contributed by atoms with Gasteiger partial charge in [-0.15, -0.1) is 0 Å². The van der Waals surface area contributed by atoms with Crippen LogP contribution in [0.2, 0.25) is 0 Å². The van der Waals surface area contributed by atoms with Crippen LogP contribution in [0.1, 0.15) is 0 Å². The first-order valence-electron chi connectivity index (χ1n) is 5.26. The lowest BCUT2D eigenvalue weighted by Gasteiger charge is -1.97. The quantitative estimate of drug-likeness (QED) is 0.572. The summed E-state index contributed by atoms with van der Waals surface area (Å²) in [7, 11) is 0. The number of aromatic hydroxyl groups is 3. The number of aromatic nitrogens is 1. The van der Waals surface area contributed by atoms with Crippen LogP contribution in [0.15, 0.2) is 40.8 Å². The summed E-state index contributed by atoms with van der Waals surface area (Å²) in [6.07, 6.45) is 0. The summed E-state index contributed by atoms with van der Waals surface area (Å²) in [5, 5.41) is 28.7. The summed E-state index contributed by atoms with van der Waals surface area (Å²) in [4.78, 5) is 4.07. The zero-order chi connectivity index (χ0) is 12.7. The van der Waals surface area contributed by atoms with Gasteiger partial charge in [0, 0.05) is 0 Å². The van der Waals surface area contributed by atoms with Gasteiger partial charge in [-0.05, 0) is 24.3 Å². The van der Waals surface area contributed by atoms with Crippen molar-refractivity contribution in [1.29, 1.82) is 0 Å². The maximum absolute atomic E-state index is 9.70. The molecule has 1 heterocycles. The molecule has 0 aliphatic heterocycles. The predicted octanol–water partition coefficient (Wildman–Crippen LogP) is 2.61. The fraction of sp³-hybridized carbons (Fsp3) is 0. The summed E-state index contributed by atoms with van der Waals surface area (Å²) >= 11 is 0. The highest BCUT2D eigenvalue weighted by molar-refractivity contribution is 5.85. The first-order chi connectivity index (χ1) is 8.66. The van der Waals surface area contributed by atoms with Crippen molar-refractivity contribution < 1.29 is 19.7 Å². The van der Waals surface area contributed by atoms with Crippen LogP contribution in [0.4, 0.5) is 0 Å². The molecule has 0 saturated heterocycles. The monoisotopic (exact) mass is 243 g/mol. The van der Waals surface area contributed by atoms with E-state index in [1.165, 1.54) is 18.2 Å². The number of rotatable bonds is 1. The van der Waals surface area contributed by atoms with Gasteiger partial charge in [0.05, 0.1) is 5.56 Å². The van der Waals surface area contributed by atoms with Gasteiger partial charge in [-0.2, -0.15) is 0 Å². The third kappa shape index (κ3) is 1.45. The largest absolute Gasteiger partial charge is 0.507 e. The highest BCUT2D eigenvalue weighted by Gasteiger charge is 2.15. The van der Waals surface area contributed by atoms with Crippen LogP contribution in [0.3, 0.4) is 0 Å². The maximum Gasteiger partial charge on any atom is 0.231 e. The van der Waals surface area contributed by atoms with Crippen LogP contribution in [-0.4, -0.2) is 20.3 Å². The number of hydrogen-bond donors (Lipinski definition) is 3. The van der Waals surface area contributed by atoms with Crippen molar-refractivity contribution in [2.75, 3.05) is 0 Å². The highest BCUT2D eigenvalue weighted by Crippen LogP contribution is 2.37. The van der Waals surface area contributed by atoms with Gasteiger partial charge >= 0.3 is 0 Å². The zero-order valence-corrected chi connectivity index (χ0v) is 9.16. The topological polar surface area (TPSA) is 86.7 Å². The van der Waals surface area contributed by atoms with E-state index >= 15 is 0 Å². The average molecular weight is 243 g/mol. The fourth-order valence-electron chi connectivity index (χ4n) is 1.74. The summed E-state index contributed by atoms with van der Waals surface area (Å²) in [5.41, 5.74) is 0.921. The Kier molecular flexibility index (Phi) is 2.13. The van der Waals surface area contributed by atoms with Crippen molar-refractivity contribution in [2.45, 2.75) is 0 Å². The third-order valence-electron chi connectivity index (χ3n) is 2.65. The van der Waals surface area contributed by atoms with Gasteiger partial charge in [0.2, 0.25) is 5.89 Å². The van der Waals surface area contributed by atoms with Crippen molar-refractivity contribution >= 4 is 11.1 Å². The lowest BCUT2D eigenvalue weighted by atomic mass is 10.2. The zero-order valence-electron chi connectivity index (χ0n) is 9.16. The first kappa shape index (κ1) is 10.5. The Labute approximate surface area is 102 Å². The molecular weight excluding hydrogens is 234 g/mol. The Balaban J connectivity index is 2.26. The third-order valence-corrected chi connectivity index (χ3v) is 2.65. The van der Waals surface area contributed by atoms with Crippen LogP contribution in [0.5, 0.6) is 17.2 Å². The summed E-state index contributed by atoms with van der Waals surface area (Å²) in [6.45, 7) is 0. The summed E-state index contributed by atoms with van der Waals surface area (Å²) in [5.74, 6) is -0.380. The molecule has 3 rings (SSSR count). The Morgan fingerprint density at radius 1 is 0.889 bits per heavy atom. The van der Waals surface area contributed by atoms with Crippen molar-refractivity contribution in [3.63, 3.8) is 0 Å². The molecule has 5 nitrogen and oxygen atoms in total. The molecule has 0 radical (unpaired) electrons. The lowest BCUT2D eigenvalue weighted by Crippen LogP contribution is -1.78. The molecule has 0 atom stereocenters. The van der Waals surface area contributed by atoms with Crippen LogP contribution >= 0.6 is 0 Å². The normalized spacial score (nSPS) is 10.9. The van der Waals surface area contributed by atoms with E-state index in [4.69, 9.17) is 4.42 Å². The van der Waals surface area contributed by atoms with E-state index < -0.39 is 0 Å². The Morgan fingerprint density at radius 3 is 2.44 bits per heavy atom. The molecule has 0 aliphatic rings. The van der Waals surface area contributed by atoms with Gasteiger partial charge in [0.15, 0.2) is 22.6 Å². The van der Waals surface area contributed by atoms with Crippen molar-refractivity contribution in [2.24, 2.45) is 0 Å². The fourth-order valence-corrected chi connectivity index (χ4v) is 1.74. The molecule has 1 aromatic heterocycles. The van der Waals surface area contributed by atoms with E-state index in [-0.39, 0.29) is 28.7 Å². The highest BCUT2D eigenvalue weighted by atomic mass is 16.4. The Morgan fingerprint density at radius 2 is 1.67 bits per heavy atom. The maximum atomic E-state index is 9.70. The van der Waals surface area contributed by atoms with Gasteiger partial charge in [-0.1, -0.05) is 12.1 Å². The van der Waals surface area contributed by atoms with Crippen LogP contribution in [0, 0.1) is 0 Å². The molecular formula is C13H9NO4. The standard InChI is InChI=1S/C13H9NO4/c15-8-4-2-1-3-7(8)13-14-11-10(18-13)6-5-9(16)12(11)17/h1-6,15-17H. The van der Waals surface area contributed by atoms with Gasteiger partial charge < -0.3 is 19.7 Å². The summed E-state index contributed by atoms with van der Waals surface area (Å²) in [6, 6.07) is 9.41. The molecule has 0 aliphatic carbocycles. The van der Waals surface area contributed by atoms with E-state index in [9.17, 15) is 15.3 Å². The van der Waals surface area contributed by atoms with Gasteiger partial charge in [0.25, 0.3) is 0 Å². The Bertz CT molecular complexity index is 733. The molecule has 90 valence electrons. The van der Waals surface area contributed by atoms with E-state index in [2.05, 4.69) is 4.98 Å². The average Bonchev–Trinajstić information content (AvgIpc) is 2.79. The molecule has 2 aromatic carbocycles. The number of oxazole rings is 1. The number of hydrogen-bond acceptors (Lipinski definition) is 5. The Hall–Kier alpha value is -2.69. The molecule has 0 spiro atoms. The minimum Gasteiger partial charge on any atom is -0.507 e. The van der Waals surface area contributed by atoms with E-state index in [0.717, 1.165) is 0 Å². The smallest absolute Gasteiger partial charge is 0.231 e. The van der Waals surface area contributed by atoms with E-state index in [1.807, 2.05) is 0 Å². The predicted molar refractivity (Wildman–Crippen MR) is 64.4 cm³/mol. The molecule has 5 heteroatoms. The number of fused-ring (bicyclic) bond motifs is 1. The number of benzene rings is 2. The van der Waals surface area contributed by atoms with Crippen molar-refractivity contribution in [3.8, 4) is 28.7 Å². The second-order valence-corrected chi connectivity index (χ2v) is 3.82. The second kappa shape index (κ2) is 3.66. The number of nitrogens with zero attached hydrogens (tertiary/aromatic N) is 1. The van der Waals surface area contributed by atoms with Gasteiger partial charge in [0.1, 0.15) is 5.75 Å². The molecule has 3 aromatic rings. The SMILES string of the molecule is Oc1ccccc1-c1nc2c(O)c(O)ccc2o1. The van der Waals surface area contributed by atoms with Gasteiger partial charge in [-0.3, -0.25) is 0 Å². The molecule has 0 fully saturated rings. The van der Waals surface area contributed by atoms with Crippen molar-refractivity contribution in [3.05, 3.63) is 36.4 Å². The molecule has 0 saturated carbocycles. The van der Waals surface area contributed by atoms with Crippen LogP contribution in [0.25, 0.3) is 22.6 Å². The summed E-state index contributed by atoms with van der Waals surface area (Å²) < 4.78 is 5.43. The number of phenols is 3.